The molecular weight excluding hydrogens is 250 g/mol. The Morgan fingerprint density at radius 3 is 2.30 bits per heavy atom. The van der Waals surface area contributed by atoms with E-state index in [1.807, 2.05) is 6.07 Å². The molecule has 3 nitrogen and oxygen atoms in total. The van der Waals surface area contributed by atoms with E-state index in [2.05, 4.69) is 6.92 Å². The van der Waals surface area contributed by atoms with E-state index in [9.17, 15) is 9.59 Å². The van der Waals surface area contributed by atoms with Crippen LogP contribution in [0.1, 0.15) is 57.4 Å². The number of Topliss-reactive ketones (excluding diaryl/α,β-unsaturated/α-hetero) is 1. The summed E-state index contributed by atoms with van der Waals surface area (Å²) >= 11 is 0. The summed E-state index contributed by atoms with van der Waals surface area (Å²) in [5, 5.41) is 0. The first-order valence-corrected chi connectivity index (χ1v) is 7.49. The van der Waals surface area contributed by atoms with Gasteiger partial charge in [-0.05, 0) is 12.0 Å². The molecule has 0 aromatic heterocycles. The Morgan fingerprint density at radius 1 is 1.10 bits per heavy atom. The summed E-state index contributed by atoms with van der Waals surface area (Å²) < 4.78 is 0. The van der Waals surface area contributed by atoms with Gasteiger partial charge in [-0.25, -0.2) is 0 Å². The first-order valence-electron chi connectivity index (χ1n) is 7.49. The predicted molar refractivity (Wildman–Crippen MR) is 81.4 cm³/mol. The zero-order valence-electron chi connectivity index (χ0n) is 12.3. The molecule has 20 heavy (non-hydrogen) atoms. The average molecular weight is 275 g/mol. The minimum atomic E-state index is -1.48. The van der Waals surface area contributed by atoms with Crippen molar-refractivity contribution in [1.82, 2.24) is 0 Å². The molecule has 0 aliphatic rings. The van der Waals surface area contributed by atoms with Gasteiger partial charge in [0.2, 0.25) is 0 Å². The summed E-state index contributed by atoms with van der Waals surface area (Å²) in [6.07, 6.45) is 7.59. The Hall–Kier alpha value is -1.48. The Balaban J connectivity index is 2.49. The summed E-state index contributed by atoms with van der Waals surface area (Å²) in [6, 6.07) is 8.88. The fourth-order valence-corrected chi connectivity index (χ4v) is 2.28. The molecule has 0 bridgehead atoms. The Kier molecular flexibility index (Phi) is 7.16. The third-order valence-electron chi connectivity index (χ3n) is 3.66. The Bertz CT molecular complexity index is 416. The Morgan fingerprint density at radius 2 is 1.70 bits per heavy atom. The second-order valence-electron chi connectivity index (χ2n) is 5.29. The molecule has 0 aliphatic heterocycles. The third kappa shape index (κ3) is 4.57. The fourth-order valence-electron chi connectivity index (χ4n) is 2.28. The molecule has 0 radical (unpaired) electrons. The van der Waals surface area contributed by atoms with Crippen LogP contribution in [0.3, 0.4) is 0 Å². The van der Waals surface area contributed by atoms with Crippen LogP contribution in [-0.4, -0.2) is 12.1 Å². The highest BCUT2D eigenvalue weighted by Crippen LogP contribution is 2.20. The Labute approximate surface area is 121 Å². The number of carbonyl (C=O) groups is 2. The lowest BCUT2D eigenvalue weighted by Gasteiger charge is -2.22. The SMILES string of the molecule is CCCCCCCCC(=O)C(N)(C=O)c1ccccc1. The number of hydrogen-bond donors (Lipinski definition) is 1. The standard InChI is InChI=1S/C17H25NO2/c1-2-3-4-5-6-10-13-16(20)17(18,14-19)15-11-8-7-9-12-15/h7-9,11-12,14H,2-6,10,13,18H2,1H3. The lowest BCUT2D eigenvalue weighted by Crippen LogP contribution is -2.46. The molecule has 0 saturated heterocycles. The van der Waals surface area contributed by atoms with Crippen molar-refractivity contribution in [2.45, 2.75) is 57.4 Å². The highest BCUT2D eigenvalue weighted by atomic mass is 16.1. The van der Waals surface area contributed by atoms with Crippen molar-refractivity contribution in [3.05, 3.63) is 35.9 Å². The highest BCUT2D eigenvalue weighted by molar-refractivity contribution is 6.03. The molecule has 1 unspecified atom stereocenters. The molecule has 110 valence electrons. The normalized spacial score (nSPS) is 13.7. The molecule has 0 saturated carbocycles. The molecule has 0 heterocycles. The zero-order valence-corrected chi connectivity index (χ0v) is 12.3. The van der Waals surface area contributed by atoms with Gasteiger partial charge >= 0.3 is 0 Å². The molecule has 1 rings (SSSR count). The van der Waals surface area contributed by atoms with Gasteiger partial charge in [-0.1, -0.05) is 69.4 Å². The zero-order chi connectivity index (χ0) is 14.8. The number of rotatable bonds is 10. The molecule has 2 N–H and O–H groups in total. The van der Waals surface area contributed by atoms with E-state index < -0.39 is 5.54 Å². The van der Waals surface area contributed by atoms with Crippen molar-refractivity contribution in [3.63, 3.8) is 0 Å². The largest absolute Gasteiger partial charge is 0.309 e. The number of unbranched alkanes of at least 4 members (excludes halogenated alkanes) is 5. The minimum Gasteiger partial charge on any atom is -0.309 e. The number of carbonyl (C=O) groups excluding carboxylic acids is 2. The van der Waals surface area contributed by atoms with Crippen molar-refractivity contribution in [2.24, 2.45) is 5.73 Å². The van der Waals surface area contributed by atoms with Gasteiger partial charge in [0.05, 0.1) is 0 Å². The molecule has 0 fully saturated rings. The van der Waals surface area contributed by atoms with E-state index in [0.29, 0.717) is 18.3 Å². The van der Waals surface area contributed by atoms with E-state index in [4.69, 9.17) is 5.73 Å². The molecule has 0 aliphatic carbocycles. The van der Waals surface area contributed by atoms with Crippen molar-refractivity contribution in [2.75, 3.05) is 0 Å². The van der Waals surface area contributed by atoms with Gasteiger partial charge in [-0.2, -0.15) is 0 Å². The summed E-state index contributed by atoms with van der Waals surface area (Å²) in [6.45, 7) is 2.18. The van der Waals surface area contributed by atoms with Crippen LogP contribution in [0, 0.1) is 0 Å². The van der Waals surface area contributed by atoms with Crippen molar-refractivity contribution in [1.29, 1.82) is 0 Å². The van der Waals surface area contributed by atoms with Crippen LogP contribution in [0.25, 0.3) is 0 Å². The quantitative estimate of drug-likeness (QED) is 0.404. The van der Waals surface area contributed by atoms with Crippen LogP contribution in [0.4, 0.5) is 0 Å². The number of ketones is 1. The monoisotopic (exact) mass is 275 g/mol. The topological polar surface area (TPSA) is 60.2 Å². The molecule has 1 atom stereocenters. The fraction of sp³-hybridized carbons (Fsp3) is 0.529. The van der Waals surface area contributed by atoms with Gasteiger partial charge in [0, 0.05) is 6.42 Å². The number of aldehydes is 1. The van der Waals surface area contributed by atoms with E-state index in [-0.39, 0.29) is 5.78 Å². The van der Waals surface area contributed by atoms with E-state index in [1.54, 1.807) is 24.3 Å². The lowest BCUT2D eigenvalue weighted by molar-refractivity contribution is -0.129. The maximum Gasteiger partial charge on any atom is 0.164 e. The number of nitrogens with two attached hydrogens (primary N) is 1. The molecule has 1 aromatic carbocycles. The third-order valence-corrected chi connectivity index (χ3v) is 3.66. The van der Waals surface area contributed by atoms with Gasteiger partial charge in [0.25, 0.3) is 0 Å². The van der Waals surface area contributed by atoms with E-state index >= 15 is 0 Å². The van der Waals surface area contributed by atoms with Crippen LogP contribution in [0.5, 0.6) is 0 Å². The minimum absolute atomic E-state index is 0.186. The molecule has 0 amide bonds. The summed E-state index contributed by atoms with van der Waals surface area (Å²) in [5.41, 5.74) is 5.10. The van der Waals surface area contributed by atoms with Crippen LogP contribution >= 0.6 is 0 Å². The molecule has 3 heteroatoms. The average Bonchev–Trinajstić information content (AvgIpc) is 2.50. The van der Waals surface area contributed by atoms with Crippen LogP contribution in [0.15, 0.2) is 30.3 Å². The smallest absolute Gasteiger partial charge is 0.164 e. The van der Waals surface area contributed by atoms with Crippen LogP contribution in [-0.2, 0) is 15.1 Å². The molecular formula is C17H25NO2. The highest BCUT2D eigenvalue weighted by Gasteiger charge is 2.34. The van der Waals surface area contributed by atoms with Gasteiger partial charge in [-0.3, -0.25) is 4.79 Å². The predicted octanol–water partition coefficient (Wildman–Crippen LogP) is 3.36. The maximum absolute atomic E-state index is 12.2. The first-order chi connectivity index (χ1) is 9.65. The summed E-state index contributed by atoms with van der Waals surface area (Å²) in [5.74, 6) is -0.186. The van der Waals surface area contributed by atoms with E-state index in [1.165, 1.54) is 19.3 Å². The van der Waals surface area contributed by atoms with Gasteiger partial charge < -0.3 is 10.5 Å². The van der Waals surface area contributed by atoms with Crippen molar-refractivity contribution >= 4 is 12.1 Å². The van der Waals surface area contributed by atoms with E-state index in [0.717, 1.165) is 19.3 Å². The second kappa shape index (κ2) is 8.64. The number of hydrogen-bond acceptors (Lipinski definition) is 3. The molecule has 0 spiro atoms. The van der Waals surface area contributed by atoms with Gasteiger partial charge in [0.1, 0.15) is 0 Å². The number of benzene rings is 1. The van der Waals surface area contributed by atoms with Gasteiger partial charge in [0.15, 0.2) is 17.6 Å². The maximum atomic E-state index is 12.2. The van der Waals surface area contributed by atoms with Crippen LogP contribution < -0.4 is 5.73 Å². The van der Waals surface area contributed by atoms with Crippen LogP contribution in [0.2, 0.25) is 0 Å². The van der Waals surface area contributed by atoms with Crippen molar-refractivity contribution in [3.8, 4) is 0 Å². The van der Waals surface area contributed by atoms with Crippen molar-refractivity contribution < 1.29 is 9.59 Å². The van der Waals surface area contributed by atoms with Gasteiger partial charge in [-0.15, -0.1) is 0 Å². The first kappa shape index (κ1) is 16.6. The lowest BCUT2D eigenvalue weighted by atomic mass is 9.85. The second-order valence-corrected chi connectivity index (χ2v) is 5.29. The summed E-state index contributed by atoms with van der Waals surface area (Å²) in [4.78, 5) is 23.5. The molecule has 1 aromatic rings. The summed E-state index contributed by atoms with van der Waals surface area (Å²) in [7, 11) is 0.